The lowest BCUT2D eigenvalue weighted by Gasteiger charge is -2.18. The minimum Gasteiger partial charge on any atom is -0.481 e. The zero-order valence-electron chi connectivity index (χ0n) is 13.0. The van der Waals surface area contributed by atoms with Crippen molar-refractivity contribution in [2.24, 2.45) is 0 Å². The molecule has 0 aliphatic rings. The van der Waals surface area contributed by atoms with Crippen LogP contribution in [-0.4, -0.2) is 12.0 Å². The van der Waals surface area contributed by atoms with Crippen LogP contribution in [0.2, 0.25) is 0 Å². The van der Waals surface area contributed by atoms with Gasteiger partial charge in [-0.2, -0.15) is 0 Å². The SMILES string of the molecule is CCC(Oc1cc(C)cc(C)c1)C(=O)Nc1ccc(F)cc1. The Hall–Kier alpha value is -2.36. The maximum atomic E-state index is 12.9. The van der Waals surface area contributed by atoms with Crippen molar-refractivity contribution in [3.63, 3.8) is 0 Å². The summed E-state index contributed by atoms with van der Waals surface area (Å²) in [6.45, 7) is 5.86. The molecule has 22 heavy (non-hydrogen) atoms. The molecule has 1 atom stereocenters. The van der Waals surface area contributed by atoms with Crippen LogP contribution in [0.25, 0.3) is 0 Å². The molecule has 0 fully saturated rings. The number of ether oxygens (including phenoxy) is 1. The van der Waals surface area contributed by atoms with Gasteiger partial charge < -0.3 is 10.1 Å². The summed E-state index contributed by atoms with van der Waals surface area (Å²) in [5.74, 6) is 0.100. The molecule has 2 aromatic rings. The van der Waals surface area contributed by atoms with Crippen LogP contribution >= 0.6 is 0 Å². The van der Waals surface area contributed by atoms with E-state index in [1.54, 1.807) is 0 Å². The van der Waals surface area contributed by atoms with Crippen LogP contribution < -0.4 is 10.1 Å². The molecular formula is C18H20FNO2. The molecule has 0 saturated heterocycles. The van der Waals surface area contributed by atoms with Gasteiger partial charge in [0.15, 0.2) is 6.10 Å². The van der Waals surface area contributed by atoms with E-state index >= 15 is 0 Å². The lowest BCUT2D eigenvalue weighted by Crippen LogP contribution is -2.32. The van der Waals surface area contributed by atoms with Crippen molar-refractivity contribution in [3.05, 3.63) is 59.4 Å². The predicted octanol–water partition coefficient (Wildman–Crippen LogP) is 4.24. The van der Waals surface area contributed by atoms with Crippen molar-refractivity contribution in [2.45, 2.75) is 33.3 Å². The minimum atomic E-state index is -0.591. The van der Waals surface area contributed by atoms with Crippen LogP contribution in [0.4, 0.5) is 10.1 Å². The van der Waals surface area contributed by atoms with E-state index in [0.29, 0.717) is 17.9 Å². The Labute approximate surface area is 130 Å². The van der Waals surface area contributed by atoms with E-state index in [9.17, 15) is 9.18 Å². The highest BCUT2D eigenvalue weighted by molar-refractivity contribution is 5.94. The van der Waals surface area contributed by atoms with Gasteiger partial charge >= 0.3 is 0 Å². The van der Waals surface area contributed by atoms with E-state index in [2.05, 4.69) is 5.32 Å². The molecule has 116 valence electrons. The van der Waals surface area contributed by atoms with E-state index in [-0.39, 0.29) is 11.7 Å². The molecule has 0 aromatic heterocycles. The third-order valence-electron chi connectivity index (χ3n) is 3.25. The van der Waals surface area contributed by atoms with Crippen LogP contribution in [0.3, 0.4) is 0 Å². The van der Waals surface area contributed by atoms with Gasteiger partial charge in [0, 0.05) is 5.69 Å². The monoisotopic (exact) mass is 301 g/mol. The van der Waals surface area contributed by atoms with Crippen LogP contribution in [0.5, 0.6) is 5.75 Å². The largest absolute Gasteiger partial charge is 0.481 e. The Balaban J connectivity index is 2.06. The fourth-order valence-electron chi connectivity index (χ4n) is 2.24. The number of halogens is 1. The number of amides is 1. The smallest absolute Gasteiger partial charge is 0.265 e. The van der Waals surface area contributed by atoms with Gasteiger partial charge in [-0.1, -0.05) is 13.0 Å². The zero-order chi connectivity index (χ0) is 16.1. The average molecular weight is 301 g/mol. The van der Waals surface area contributed by atoms with Gasteiger partial charge in [0.25, 0.3) is 5.91 Å². The average Bonchev–Trinajstić information content (AvgIpc) is 2.46. The van der Waals surface area contributed by atoms with Gasteiger partial charge in [0.1, 0.15) is 11.6 Å². The number of hydrogen-bond donors (Lipinski definition) is 1. The van der Waals surface area contributed by atoms with Crippen molar-refractivity contribution in [1.82, 2.24) is 0 Å². The third-order valence-corrected chi connectivity index (χ3v) is 3.25. The molecule has 0 aliphatic carbocycles. The van der Waals surface area contributed by atoms with E-state index in [0.717, 1.165) is 11.1 Å². The Kier molecular flexibility index (Phi) is 5.15. The summed E-state index contributed by atoms with van der Waals surface area (Å²) in [7, 11) is 0. The van der Waals surface area contributed by atoms with Crippen molar-refractivity contribution in [1.29, 1.82) is 0 Å². The number of nitrogens with one attached hydrogen (secondary N) is 1. The number of anilines is 1. The van der Waals surface area contributed by atoms with Crippen molar-refractivity contribution in [3.8, 4) is 5.75 Å². The second kappa shape index (κ2) is 7.07. The lowest BCUT2D eigenvalue weighted by molar-refractivity contribution is -0.122. The molecule has 4 heteroatoms. The Bertz CT molecular complexity index is 632. The minimum absolute atomic E-state index is 0.242. The van der Waals surface area contributed by atoms with E-state index in [1.807, 2.05) is 39.0 Å². The molecule has 0 heterocycles. The molecule has 2 rings (SSSR count). The quantitative estimate of drug-likeness (QED) is 0.897. The first kappa shape index (κ1) is 16.0. The van der Waals surface area contributed by atoms with Gasteiger partial charge in [-0.25, -0.2) is 4.39 Å². The maximum Gasteiger partial charge on any atom is 0.265 e. The number of aryl methyl sites for hydroxylation is 2. The molecule has 0 spiro atoms. The molecule has 0 saturated carbocycles. The van der Waals surface area contributed by atoms with Crippen LogP contribution in [-0.2, 0) is 4.79 Å². The van der Waals surface area contributed by atoms with Crippen LogP contribution in [0, 0.1) is 19.7 Å². The molecule has 3 nitrogen and oxygen atoms in total. The number of benzene rings is 2. The van der Waals surface area contributed by atoms with Gasteiger partial charge in [0.05, 0.1) is 0 Å². The van der Waals surface area contributed by atoms with Crippen molar-refractivity contribution in [2.75, 3.05) is 5.32 Å². The summed E-state index contributed by atoms with van der Waals surface area (Å²) >= 11 is 0. The van der Waals surface area contributed by atoms with Crippen LogP contribution in [0.15, 0.2) is 42.5 Å². The van der Waals surface area contributed by atoms with E-state index in [4.69, 9.17) is 4.74 Å². The summed E-state index contributed by atoms with van der Waals surface area (Å²) in [5.41, 5.74) is 2.72. The fraction of sp³-hybridized carbons (Fsp3) is 0.278. The fourth-order valence-corrected chi connectivity index (χ4v) is 2.24. The molecule has 1 unspecified atom stereocenters. The first-order valence-corrected chi connectivity index (χ1v) is 7.29. The first-order chi connectivity index (χ1) is 10.5. The second-order valence-corrected chi connectivity index (χ2v) is 5.33. The first-order valence-electron chi connectivity index (χ1n) is 7.29. The second-order valence-electron chi connectivity index (χ2n) is 5.33. The number of carbonyl (C=O) groups excluding carboxylic acids is 1. The van der Waals surface area contributed by atoms with Crippen molar-refractivity contribution >= 4 is 11.6 Å². The number of carbonyl (C=O) groups is 1. The van der Waals surface area contributed by atoms with Crippen LogP contribution in [0.1, 0.15) is 24.5 Å². The van der Waals surface area contributed by atoms with E-state index in [1.165, 1.54) is 24.3 Å². The van der Waals surface area contributed by atoms with E-state index < -0.39 is 6.10 Å². The number of rotatable bonds is 5. The highest BCUT2D eigenvalue weighted by atomic mass is 19.1. The predicted molar refractivity (Wildman–Crippen MR) is 85.7 cm³/mol. The Morgan fingerprint density at radius 2 is 1.73 bits per heavy atom. The highest BCUT2D eigenvalue weighted by Crippen LogP contribution is 2.19. The summed E-state index contributed by atoms with van der Waals surface area (Å²) in [6.07, 6.45) is -0.0497. The van der Waals surface area contributed by atoms with Gasteiger partial charge in [-0.3, -0.25) is 4.79 Å². The van der Waals surface area contributed by atoms with Gasteiger partial charge in [0.2, 0.25) is 0 Å². The Morgan fingerprint density at radius 3 is 2.27 bits per heavy atom. The highest BCUT2D eigenvalue weighted by Gasteiger charge is 2.18. The normalized spacial score (nSPS) is 11.8. The molecule has 1 amide bonds. The molecule has 0 aliphatic heterocycles. The Morgan fingerprint density at radius 1 is 1.14 bits per heavy atom. The third kappa shape index (κ3) is 4.32. The number of hydrogen-bond acceptors (Lipinski definition) is 2. The lowest BCUT2D eigenvalue weighted by atomic mass is 10.1. The van der Waals surface area contributed by atoms with Crippen molar-refractivity contribution < 1.29 is 13.9 Å². The standard InChI is InChI=1S/C18H20FNO2/c1-4-17(22-16-10-12(2)9-13(3)11-16)18(21)20-15-7-5-14(19)6-8-15/h5-11,17H,4H2,1-3H3,(H,20,21). The summed E-state index contributed by atoms with van der Waals surface area (Å²) in [6, 6.07) is 11.5. The molecular weight excluding hydrogens is 281 g/mol. The molecule has 0 bridgehead atoms. The molecule has 1 N–H and O–H groups in total. The van der Waals surface area contributed by atoms with Gasteiger partial charge in [-0.05, 0) is 67.8 Å². The zero-order valence-corrected chi connectivity index (χ0v) is 13.0. The van der Waals surface area contributed by atoms with Gasteiger partial charge in [-0.15, -0.1) is 0 Å². The summed E-state index contributed by atoms with van der Waals surface area (Å²) in [5, 5.41) is 2.74. The summed E-state index contributed by atoms with van der Waals surface area (Å²) < 4.78 is 18.7. The maximum absolute atomic E-state index is 12.9. The summed E-state index contributed by atoms with van der Waals surface area (Å²) in [4.78, 5) is 12.3. The molecule has 0 radical (unpaired) electrons. The molecule has 2 aromatic carbocycles. The topological polar surface area (TPSA) is 38.3 Å².